The molecule has 0 aliphatic rings. The maximum absolute atomic E-state index is 9.01. The maximum Gasteiger partial charge on any atom is 0.0606 e. The molecular weight excluding hydrogens is 303 g/mol. The van der Waals surface area contributed by atoms with Gasteiger partial charge in [0.25, 0.3) is 0 Å². The van der Waals surface area contributed by atoms with Crippen molar-refractivity contribution in [3.05, 3.63) is 21.8 Å². The van der Waals surface area contributed by atoms with E-state index in [0.717, 1.165) is 14.9 Å². The van der Waals surface area contributed by atoms with Crippen molar-refractivity contribution < 1.29 is 5.11 Å². The van der Waals surface area contributed by atoms with Gasteiger partial charge in [0.15, 0.2) is 0 Å². The number of nitrogens with two attached hydrogens (primary N) is 1. The number of aliphatic hydroxyl groups is 1. The van der Waals surface area contributed by atoms with Gasteiger partial charge < -0.3 is 15.7 Å². The SMILES string of the molecule is CC(C)N(CCO)c1ccc(I)cc1N. The summed E-state index contributed by atoms with van der Waals surface area (Å²) in [5, 5.41) is 9.01. The van der Waals surface area contributed by atoms with Crippen LogP contribution in [0.5, 0.6) is 0 Å². The summed E-state index contributed by atoms with van der Waals surface area (Å²) in [5.74, 6) is 0. The van der Waals surface area contributed by atoms with Gasteiger partial charge in [-0.25, -0.2) is 0 Å². The molecule has 0 unspecified atom stereocenters. The van der Waals surface area contributed by atoms with E-state index in [0.29, 0.717) is 12.6 Å². The number of nitrogen functional groups attached to an aromatic ring is 1. The summed E-state index contributed by atoms with van der Waals surface area (Å²) in [6.07, 6.45) is 0. The van der Waals surface area contributed by atoms with Gasteiger partial charge in [-0.05, 0) is 54.6 Å². The summed E-state index contributed by atoms with van der Waals surface area (Å²) in [5.41, 5.74) is 7.73. The normalized spacial score (nSPS) is 10.7. The molecule has 0 radical (unpaired) electrons. The fraction of sp³-hybridized carbons (Fsp3) is 0.455. The minimum Gasteiger partial charge on any atom is -0.397 e. The van der Waals surface area contributed by atoms with Crippen LogP contribution in [0.4, 0.5) is 11.4 Å². The van der Waals surface area contributed by atoms with E-state index in [1.54, 1.807) is 0 Å². The van der Waals surface area contributed by atoms with E-state index in [1.165, 1.54) is 0 Å². The van der Waals surface area contributed by atoms with E-state index in [9.17, 15) is 0 Å². The van der Waals surface area contributed by atoms with Crippen LogP contribution in [-0.2, 0) is 0 Å². The fourth-order valence-corrected chi connectivity index (χ4v) is 2.07. The highest BCUT2D eigenvalue weighted by molar-refractivity contribution is 14.1. The van der Waals surface area contributed by atoms with Gasteiger partial charge in [0.2, 0.25) is 0 Å². The smallest absolute Gasteiger partial charge is 0.0606 e. The first kappa shape index (κ1) is 12.6. The molecule has 0 aromatic heterocycles. The van der Waals surface area contributed by atoms with E-state index < -0.39 is 0 Å². The number of hydrogen-bond acceptors (Lipinski definition) is 3. The zero-order valence-corrected chi connectivity index (χ0v) is 11.2. The molecule has 0 saturated heterocycles. The molecule has 1 aromatic carbocycles. The molecule has 0 saturated carbocycles. The minimum absolute atomic E-state index is 0.142. The van der Waals surface area contributed by atoms with Gasteiger partial charge in [-0.1, -0.05) is 0 Å². The second kappa shape index (κ2) is 5.55. The summed E-state index contributed by atoms with van der Waals surface area (Å²) in [7, 11) is 0. The van der Waals surface area contributed by atoms with Gasteiger partial charge in [0, 0.05) is 16.2 Å². The molecule has 0 atom stereocenters. The number of aliphatic hydroxyl groups excluding tert-OH is 1. The molecule has 3 nitrogen and oxygen atoms in total. The van der Waals surface area contributed by atoms with Gasteiger partial charge in [-0.15, -0.1) is 0 Å². The lowest BCUT2D eigenvalue weighted by Crippen LogP contribution is -2.33. The Morgan fingerprint density at radius 2 is 2.13 bits per heavy atom. The van der Waals surface area contributed by atoms with E-state index in [1.807, 2.05) is 18.2 Å². The van der Waals surface area contributed by atoms with Crippen LogP contribution in [0.3, 0.4) is 0 Å². The number of rotatable bonds is 4. The number of hydrogen-bond donors (Lipinski definition) is 2. The van der Waals surface area contributed by atoms with Gasteiger partial charge in [0.1, 0.15) is 0 Å². The van der Waals surface area contributed by atoms with Crippen LogP contribution < -0.4 is 10.6 Å². The lowest BCUT2D eigenvalue weighted by atomic mass is 10.2. The standard InChI is InChI=1S/C11H17IN2O/c1-8(2)14(5-6-15)11-4-3-9(12)7-10(11)13/h3-4,7-8,15H,5-6,13H2,1-2H3. The molecule has 0 fully saturated rings. The summed E-state index contributed by atoms with van der Waals surface area (Å²) in [6, 6.07) is 6.31. The Morgan fingerprint density at radius 3 is 2.60 bits per heavy atom. The molecule has 3 N–H and O–H groups in total. The number of anilines is 2. The largest absolute Gasteiger partial charge is 0.397 e. The van der Waals surface area contributed by atoms with E-state index in [2.05, 4.69) is 41.3 Å². The van der Waals surface area contributed by atoms with Crippen molar-refractivity contribution in [2.45, 2.75) is 19.9 Å². The average molecular weight is 320 g/mol. The Bertz CT molecular complexity index is 328. The van der Waals surface area contributed by atoms with Gasteiger partial charge in [-0.3, -0.25) is 0 Å². The summed E-state index contributed by atoms with van der Waals surface area (Å²) in [4.78, 5) is 2.10. The molecule has 15 heavy (non-hydrogen) atoms. The molecule has 0 amide bonds. The molecule has 0 spiro atoms. The summed E-state index contributed by atoms with van der Waals surface area (Å²) >= 11 is 2.24. The monoisotopic (exact) mass is 320 g/mol. The molecule has 0 aliphatic carbocycles. The maximum atomic E-state index is 9.01. The van der Waals surface area contributed by atoms with Crippen molar-refractivity contribution in [2.24, 2.45) is 0 Å². The molecule has 0 heterocycles. The van der Waals surface area contributed by atoms with Crippen LogP contribution in [0.25, 0.3) is 0 Å². The highest BCUT2D eigenvalue weighted by Crippen LogP contribution is 2.26. The first-order valence-corrected chi connectivity index (χ1v) is 6.06. The molecule has 1 rings (SSSR count). The van der Waals surface area contributed by atoms with Crippen molar-refractivity contribution >= 4 is 34.0 Å². The van der Waals surface area contributed by atoms with Crippen molar-refractivity contribution in [1.29, 1.82) is 0 Å². The lowest BCUT2D eigenvalue weighted by Gasteiger charge is -2.29. The Morgan fingerprint density at radius 1 is 1.47 bits per heavy atom. The fourth-order valence-electron chi connectivity index (χ4n) is 1.55. The molecular formula is C11H17IN2O. The quantitative estimate of drug-likeness (QED) is 0.660. The van der Waals surface area contributed by atoms with Crippen LogP contribution >= 0.6 is 22.6 Å². The highest BCUT2D eigenvalue weighted by Gasteiger charge is 2.12. The lowest BCUT2D eigenvalue weighted by molar-refractivity contribution is 0.299. The van der Waals surface area contributed by atoms with E-state index in [-0.39, 0.29) is 6.61 Å². The predicted molar refractivity (Wildman–Crippen MR) is 73.1 cm³/mol. The van der Waals surface area contributed by atoms with Gasteiger partial charge >= 0.3 is 0 Å². The molecule has 84 valence electrons. The Kier molecular flexibility index (Phi) is 4.66. The third-order valence-electron chi connectivity index (χ3n) is 2.26. The molecule has 0 aliphatic heterocycles. The number of halogens is 1. The zero-order chi connectivity index (χ0) is 11.4. The average Bonchev–Trinajstić information content (AvgIpc) is 2.15. The van der Waals surface area contributed by atoms with Crippen LogP contribution in [0.1, 0.15) is 13.8 Å². The van der Waals surface area contributed by atoms with Crippen LogP contribution in [0, 0.1) is 3.57 Å². The zero-order valence-electron chi connectivity index (χ0n) is 9.07. The summed E-state index contributed by atoms with van der Waals surface area (Å²) < 4.78 is 1.13. The molecule has 0 bridgehead atoms. The second-order valence-corrected chi connectivity index (χ2v) is 4.96. The summed E-state index contributed by atoms with van der Waals surface area (Å²) in [6.45, 7) is 4.94. The van der Waals surface area contributed by atoms with Gasteiger partial charge in [-0.2, -0.15) is 0 Å². The highest BCUT2D eigenvalue weighted by atomic mass is 127. The third kappa shape index (κ3) is 3.24. The first-order valence-electron chi connectivity index (χ1n) is 4.98. The van der Waals surface area contributed by atoms with Crippen molar-refractivity contribution in [1.82, 2.24) is 0 Å². The molecule has 4 heteroatoms. The van der Waals surface area contributed by atoms with Gasteiger partial charge in [0.05, 0.1) is 18.0 Å². The van der Waals surface area contributed by atoms with E-state index in [4.69, 9.17) is 10.8 Å². The van der Waals surface area contributed by atoms with Crippen molar-refractivity contribution in [3.63, 3.8) is 0 Å². The Labute approximate surface area is 104 Å². The molecule has 1 aromatic rings. The topological polar surface area (TPSA) is 49.5 Å². The first-order chi connectivity index (χ1) is 7.06. The third-order valence-corrected chi connectivity index (χ3v) is 2.93. The Hall–Kier alpha value is -0.490. The van der Waals surface area contributed by atoms with Crippen molar-refractivity contribution in [3.8, 4) is 0 Å². The number of benzene rings is 1. The Balaban J connectivity index is 3.00. The number of nitrogens with zero attached hydrogens (tertiary/aromatic N) is 1. The predicted octanol–water partition coefficient (Wildman–Crippen LogP) is 2.08. The second-order valence-electron chi connectivity index (χ2n) is 3.71. The van der Waals surface area contributed by atoms with Crippen LogP contribution in [-0.4, -0.2) is 24.3 Å². The minimum atomic E-state index is 0.142. The van der Waals surface area contributed by atoms with Crippen LogP contribution in [0.15, 0.2) is 18.2 Å². The van der Waals surface area contributed by atoms with Crippen molar-refractivity contribution in [2.75, 3.05) is 23.8 Å². The van der Waals surface area contributed by atoms with Crippen LogP contribution in [0.2, 0.25) is 0 Å². The van der Waals surface area contributed by atoms with E-state index >= 15 is 0 Å².